The highest BCUT2D eigenvalue weighted by Gasteiger charge is 2.30. The van der Waals surface area contributed by atoms with Crippen LogP contribution in [0.4, 0.5) is 19.0 Å². The molecule has 0 saturated carbocycles. The predicted molar refractivity (Wildman–Crippen MR) is 70.9 cm³/mol. The SMILES string of the molecule is Cn1ccnc(NCCc2cc(C(F)(F)F)ccn2)c1=O. The summed E-state index contributed by atoms with van der Waals surface area (Å²) in [6.45, 7) is 0.264. The molecular formula is C13H13F3N4O. The molecule has 0 fully saturated rings. The molecule has 0 saturated heterocycles. The van der Waals surface area contributed by atoms with Gasteiger partial charge in [-0.2, -0.15) is 13.2 Å². The van der Waals surface area contributed by atoms with Crippen molar-refractivity contribution in [3.63, 3.8) is 0 Å². The topological polar surface area (TPSA) is 59.8 Å². The highest BCUT2D eigenvalue weighted by molar-refractivity contribution is 5.31. The lowest BCUT2D eigenvalue weighted by molar-refractivity contribution is -0.137. The Morgan fingerprint density at radius 2 is 2.05 bits per heavy atom. The number of anilines is 1. The van der Waals surface area contributed by atoms with Crippen molar-refractivity contribution in [2.45, 2.75) is 12.6 Å². The van der Waals surface area contributed by atoms with E-state index in [1.54, 1.807) is 7.05 Å². The van der Waals surface area contributed by atoms with Gasteiger partial charge in [0.05, 0.1) is 5.56 Å². The van der Waals surface area contributed by atoms with Crippen LogP contribution in [0.3, 0.4) is 0 Å². The van der Waals surface area contributed by atoms with Gasteiger partial charge in [0.25, 0.3) is 5.56 Å². The number of rotatable bonds is 4. The largest absolute Gasteiger partial charge is 0.416 e. The number of aromatic nitrogens is 3. The fraction of sp³-hybridized carbons (Fsp3) is 0.308. The summed E-state index contributed by atoms with van der Waals surface area (Å²) < 4.78 is 39.0. The summed E-state index contributed by atoms with van der Waals surface area (Å²) >= 11 is 0. The molecule has 0 atom stereocenters. The molecule has 0 radical (unpaired) electrons. The van der Waals surface area contributed by atoms with Gasteiger partial charge in [-0.25, -0.2) is 4.98 Å². The van der Waals surface area contributed by atoms with Gasteiger partial charge in [0.1, 0.15) is 0 Å². The number of alkyl halides is 3. The van der Waals surface area contributed by atoms with E-state index >= 15 is 0 Å². The van der Waals surface area contributed by atoms with Gasteiger partial charge in [0.2, 0.25) is 0 Å². The van der Waals surface area contributed by atoms with E-state index in [1.807, 2.05) is 0 Å². The molecule has 21 heavy (non-hydrogen) atoms. The molecule has 112 valence electrons. The van der Waals surface area contributed by atoms with Crippen LogP contribution in [-0.4, -0.2) is 21.1 Å². The van der Waals surface area contributed by atoms with Crippen molar-refractivity contribution in [3.8, 4) is 0 Å². The number of pyridine rings is 1. The fourth-order valence-corrected chi connectivity index (χ4v) is 1.72. The van der Waals surface area contributed by atoms with Crippen molar-refractivity contribution in [1.82, 2.24) is 14.5 Å². The average Bonchev–Trinajstić information content (AvgIpc) is 2.43. The Bertz CT molecular complexity index is 682. The summed E-state index contributed by atoms with van der Waals surface area (Å²) in [6.07, 6.45) is -0.0300. The van der Waals surface area contributed by atoms with Crippen molar-refractivity contribution >= 4 is 5.82 Å². The van der Waals surface area contributed by atoms with Crippen LogP contribution in [0.25, 0.3) is 0 Å². The second kappa shape index (κ2) is 5.94. The van der Waals surface area contributed by atoms with Gasteiger partial charge in [0, 0.05) is 44.3 Å². The van der Waals surface area contributed by atoms with Crippen molar-refractivity contribution in [2.24, 2.45) is 7.05 Å². The summed E-state index contributed by atoms with van der Waals surface area (Å²) in [5.41, 5.74) is -0.735. The van der Waals surface area contributed by atoms with Crippen LogP contribution < -0.4 is 10.9 Å². The van der Waals surface area contributed by atoms with E-state index in [0.29, 0.717) is 5.69 Å². The number of hydrogen-bond acceptors (Lipinski definition) is 4. The molecule has 1 N–H and O–H groups in total. The third kappa shape index (κ3) is 3.80. The molecule has 0 amide bonds. The minimum absolute atomic E-state index is 0.159. The van der Waals surface area contributed by atoms with Gasteiger partial charge in [-0.3, -0.25) is 9.78 Å². The zero-order valence-electron chi connectivity index (χ0n) is 11.2. The second-order valence-electron chi connectivity index (χ2n) is 4.40. The van der Waals surface area contributed by atoms with E-state index in [4.69, 9.17) is 0 Å². The van der Waals surface area contributed by atoms with Crippen LogP contribution in [-0.2, 0) is 19.6 Å². The van der Waals surface area contributed by atoms with Crippen molar-refractivity contribution in [1.29, 1.82) is 0 Å². The van der Waals surface area contributed by atoms with Crippen LogP contribution in [0.5, 0.6) is 0 Å². The van der Waals surface area contributed by atoms with Crippen LogP contribution in [0, 0.1) is 0 Å². The Kier molecular flexibility index (Phi) is 4.25. The van der Waals surface area contributed by atoms with E-state index in [0.717, 1.165) is 18.3 Å². The maximum atomic E-state index is 12.6. The number of nitrogens with one attached hydrogen (secondary N) is 1. The molecule has 0 aliphatic carbocycles. The van der Waals surface area contributed by atoms with E-state index in [2.05, 4.69) is 15.3 Å². The Morgan fingerprint density at radius 1 is 1.29 bits per heavy atom. The molecule has 8 heteroatoms. The summed E-state index contributed by atoms with van der Waals surface area (Å²) in [5, 5.41) is 2.79. The third-order valence-electron chi connectivity index (χ3n) is 2.83. The molecule has 0 spiro atoms. The molecule has 2 aromatic rings. The molecule has 0 aliphatic rings. The molecule has 2 aromatic heterocycles. The first-order chi connectivity index (χ1) is 9.88. The monoisotopic (exact) mass is 298 g/mol. The lowest BCUT2D eigenvalue weighted by atomic mass is 10.2. The molecule has 2 rings (SSSR count). The van der Waals surface area contributed by atoms with Crippen LogP contribution in [0.1, 0.15) is 11.3 Å². The summed E-state index contributed by atoms with van der Waals surface area (Å²) in [7, 11) is 1.59. The molecule has 0 unspecified atom stereocenters. The van der Waals surface area contributed by atoms with E-state index in [9.17, 15) is 18.0 Å². The number of hydrogen-bond donors (Lipinski definition) is 1. The van der Waals surface area contributed by atoms with Crippen LogP contribution >= 0.6 is 0 Å². The number of nitrogens with zero attached hydrogens (tertiary/aromatic N) is 3. The average molecular weight is 298 g/mol. The number of halogens is 3. The molecular weight excluding hydrogens is 285 g/mol. The highest BCUT2D eigenvalue weighted by atomic mass is 19.4. The number of aryl methyl sites for hydroxylation is 1. The van der Waals surface area contributed by atoms with Crippen LogP contribution in [0.15, 0.2) is 35.5 Å². The van der Waals surface area contributed by atoms with E-state index < -0.39 is 11.7 Å². The van der Waals surface area contributed by atoms with E-state index in [1.165, 1.54) is 17.0 Å². The fourth-order valence-electron chi connectivity index (χ4n) is 1.72. The van der Waals surface area contributed by atoms with Gasteiger partial charge >= 0.3 is 6.18 Å². The molecule has 2 heterocycles. The predicted octanol–water partition coefficient (Wildman–Crippen LogP) is 1.85. The van der Waals surface area contributed by atoms with Gasteiger partial charge in [-0.15, -0.1) is 0 Å². The minimum Gasteiger partial charge on any atom is -0.365 e. The standard InChI is InChI=1S/C13H13F3N4O/c1-20-7-6-19-11(12(20)21)18-5-3-10-8-9(2-4-17-10)13(14,15)16/h2,4,6-8H,3,5H2,1H3,(H,18,19). The first-order valence-corrected chi connectivity index (χ1v) is 6.15. The van der Waals surface area contributed by atoms with Gasteiger partial charge in [-0.1, -0.05) is 0 Å². The maximum absolute atomic E-state index is 12.6. The van der Waals surface area contributed by atoms with E-state index in [-0.39, 0.29) is 24.3 Å². The van der Waals surface area contributed by atoms with Crippen molar-refractivity contribution < 1.29 is 13.2 Å². The zero-order valence-corrected chi connectivity index (χ0v) is 11.2. The smallest absolute Gasteiger partial charge is 0.365 e. The Labute approximate surface area is 118 Å². The molecule has 0 aliphatic heterocycles. The molecule has 5 nitrogen and oxygen atoms in total. The van der Waals surface area contributed by atoms with Gasteiger partial charge in [0.15, 0.2) is 5.82 Å². The lowest BCUT2D eigenvalue weighted by Crippen LogP contribution is -2.23. The lowest BCUT2D eigenvalue weighted by Gasteiger charge is -2.09. The maximum Gasteiger partial charge on any atom is 0.416 e. The Balaban J connectivity index is 2.01. The summed E-state index contributed by atoms with van der Waals surface area (Å²) in [6, 6.07) is 1.92. The van der Waals surface area contributed by atoms with Gasteiger partial charge in [-0.05, 0) is 12.1 Å². The summed E-state index contributed by atoms with van der Waals surface area (Å²) in [5.74, 6) is 0.159. The van der Waals surface area contributed by atoms with Crippen molar-refractivity contribution in [3.05, 3.63) is 52.3 Å². The summed E-state index contributed by atoms with van der Waals surface area (Å²) in [4.78, 5) is 19.4. The minimum atomic E-state index is -4.39. The third-order valence-corrected chi connectivity index (χ3v) is 2.83. The normalized spacial score (nSPS) is 11.4. The van der Waals surface area contributed by atoms with Crippen LogP contribution in [0.2, 0.25) is 0 Å². The zero-order chi connectivity index (χ0) is 15.5. The molecule has 0 aromatic carbocycles. The quantitative estimate of drug-likeness (QED) is 0.936. The van der Waals surface area contributed by atoms with Gasteiger partial charge < -0.3 is 9.88 Å². The highest BCUT2D eigenvalue weighted by Crippen LogP contribution is 2.28. The first kappa shape index (κ1) is 15.0. The molecule has 0 bridgehead atoms. The Morgan fingerprint density at radius 3 is 2.76 bits per heavy atom. The first-order valence-electron chi connectivity index (χ1n) is 6.15. The second-order valence-corrected chi connectivity index (χ2v) is 4.40. The van der Waals surface area contributed by atoms with Crippen molar-refractivity contribution in [2.75, 3.05) is 11.9 Å². The Hall–Kier alpha value is -2.38.